The highest BCUT2D eigenvalue weighted by atomic mass is 31.2. The van der Waals surface area contributed by atoms with Crippen molar-refractivity contribution in [2.45, 2.75) is 413 Å². The number of aliphatic hydroxyl groups excluding tert-OH is 1. The standard InChI is InChI=1S/C76H148O17P2/c1-7-9-11-13-15-17-18-19-20-21-22-23-24-25-28-32-36-42-48-54-60-75(80)92-71(64-87-74(79)59-53-47-41-35-31-29-26-27-30-34-38-44-50-56-68(3)4)66-90-94(82,83)88-62-70(77)63-89-95(84,85)91-67-72(65-86-73(78)58-52-46-40-33-16-14-12-10-8-2)93-76(81)61-55-49-43-37-39-45-51-57-69(5)6/h68-72,77H,7-67H2,1-6H3,(H,82,83)(H,84,85)/t70-,71-,72-/m1/s1. The van der Waals surface area contributed by atoms with E-state index in [1.54, 1.807) is 0 Å². The molecule has 0 saturated carbocycles. The summed E-state index contributed by atoms with van der Waals surface area (Å²) in [5.74, 6) is -0.633. The topological polar surface area (TPSA) is 237 Å². The van der Waals surface area contributed by atoms with E-state index < -0.39 is 97.5 Å². The predicted molar refractivity (Wildman–Crippen MR) is 386 cm³/mol. The number of ether oxygens (including phenoxy) is 4. The average molecular weight is 1400 g/mol. The van der Waals surface area contributed by atoms with Crippen molar-refractivity contribution in [3.8, 4) is 0 Å². The molecule has 17 nitrogen and oxygen atoms in total. The smallest absolute Gasteiger partial charge is 0.462 e. The zero-order chi connectivity index (χ0) is 70.0. The highest BCUT2D eigenvalue weighted by molar-refractivity contribution is 7.47. The summed E-state index contributed by atoms with van der Waals surface area (Å²) in [6.07, 6.45) is 55.7. The Morgan fingerprint density at radius 2 is 0.484 bits per heavy atom. The number of phosphoric acid groups is 2. The Balaban J connectivity index is 5.19. The monoisotopic (exact) mass is 1400 g/mol. The number of carbonyl (C=O) groups excluding carboxylic acids is 4. The molecular formula is C76H148O17P2. The molecule has 564 valence electrons. The van der Waals surface area contributed by atoms with Crippen molar-refractivity contribution in [2.75, 3.05) is 39.6 Å². The van der Waals surface area contributed by atoms with Crippen LogP contribution in [0.3, 0.4) is 0 Å². The van der Waals surface area contributed by atoms with Gasteiger partial charge in [-0.25, -0.2) is 9.13 Å². The van der Waals surface area contributed by atoms with Gasteiger partial charge in [-0.05, 0) is 37.5 Å². The van der Waals surface area contributed by atoms with Crippen LogP contribution in [0.1, 0.15) is 395 Å². The molecule has 0 aliphatic heterocycles. The molecule has 5 atom stereocenters. The lowest BCUT2D eigenvalue weighted by Crippen LogP contribution is -2.30. The molecule has 0 aromatic heterocycles. The van der Waals surface area contributed by atoms with Gasteiger partial charge in [0, 0.05) is 25.7 Å². The van der Waals surface area contributed by atoms with E-state index in [9.17, 15) is 43.2 Å². The predicted octanol–water partition coefficient (Wildman–Crippen LogP) is 22.3. The van der Waals surface area contributed by atoms with Crippen LogP contribution in [0, 0.1) is 11.8 Å². The molecule has 0 spiro atoms. The van der Waals surface area contributed by atoms with Crippen LogP contribution in [0.2, 0.25) is 0 Å². The van der Waals surface area contributed by atoms with Crippen molar-refractivity contribution < 1.29 is 80.2 Å². The fourth-order valence-electron chi connectivity index (χ4n) is 11.7. The van der Waals surface area contributed by atoms with E-state index in [2.05, 4.69) is 41.5 Å². The SMILES string of the molecule is CCCCCCCCCCCCCCCCCCCCCCC(=O)O[C@H](COC(=O)CCCCCCCCCCCCCCCC(C)C)COP(=O)(O)OC[C@@H](O)COP(=O)(O)OC[C@@H](COC(=O)CCCCCCCCCCC)OC(=O)CCCCCCCCCC(C)C. The molecule has 0 radical (unpaired) electrons. The third kappa shape index (κ3) is 70.3. The molecule has 0 saturated heterocycles. The van der Waals surface area contributed by atoms with Crippen LogP contribution in [-0.4, -0.2) is 96.7 Å². The quantitative estimate of drug-likeness (QED) is 0.0222. The molecule has 19 heteroatoms. The summed E-state index contributed by atoms with van der Waals surface area (Å²) in [6.45, 7) is 9.53. The lowest BCUT2D eigenvalue weighted by atomic mass is 10.0. The number of phosphoric ester groups is 2. The Labute approximate surface area is 581 Å². The molecule has 0 heterocycles. The van der Waals surface area contributed by atoms with E-state index >= 15 is 0 Å². The van der Waals surface area contributed by atoms with Crippen molar-refractivity contribution in [1.82, 2.24) is 0 Å². The maximum atomic E-state index is 13.1. The van der Waals surface area contributed by atoms with E-state index in [0.29, 0.717) is 31.6 Å². The Kier molecular flexibility index (Phi) is 66.5. The number of hydrogen-bond donors (Lipinski definition) is 3. The van der Waals surface area contributed by atoms with Crippen LogP contribution in [0.4, 0.5) is 0 Å². The van der Waals surface area contributed by atoms with Gasteiger partial charge in [0.25, 0.3) is 0 Å². The minimum Gasteiger partial charge on any atom is -0.462 e. The summed E-state index contributed by atoms with van der Waals surface area (Å²) in [7, 11) is -9.91. The Hall–Kier alpha value is -1.94. The fourth-order valence-corrected chi connectivity index (χ4v) is 13.2. The number of hydrogen-bond acceptors (Lipinski definition) is 15. The molecule has 0 fully saturated rings. The zero-order valence-corrected chi connectivity index (χ0v) is 63.8. The Bertz CT molecular complexity index is 1840. The summed E-state index contributed by atoms with van der Waals surface area (Å²) in [6, 6.07) is 0. The number of aliphatic hydroxyl groups is 1. The largest absolute Gasteiger partial charge is 0.472 e. The van der Waals surface area contributed by atoms with Crippen LogP contribution in [0.5, 0.6) is 0 Å². The van der Waals surface area contributed by atoms with Crippen LogP contribution >= 0.6 is 15.6 Å². The van der Waals surface area contributed by atoms with E-state index in [4.69, 9.17) is 37.0 Å². The van der Waals surface area contributed by atoms with E-state index in [1.807, 2.05) is 0 Å². The van der Waals surface area contributed by atoms with Gasteiger partial charge >= 0.3 is 39.5 Å². The van der Waals surface area contributed by atoms with Crippen LogP contribution < -0.4 is 0 Å². The first-order valence-electron chi connectivity index (χ1n) is 39.5. The minimum atomic E-state index is -4.96. The summed E-state index contributed by atoms with van der Waals surface area (Å²) in [5.41, 5.74) is 0. The van der Waals surface area contributed by atoms with Crippen molar-refractivity contribution in [1.29, 1.82) is 0 Å². The molecule has 0 rings (SSSR count). The third-order valence-corrected chi connectivity index (χ3v) is 19.6. The molecule has 0 aliphatic carbocycles. The molecule has 0 aromatic carbocycles. The highest BCUT2D eigenvalue weighted by Crippen LogP contribution is 2.45. The van der Waals surface area contributed by atoms with Crippen molar-refractivity contribution >= 4 is 39.5 Å². The first-order valence-corrected chi connectivity index (χ1v) is 42.5. The number of carbonyl (C=O) groups is 4. The van der Waals surface area contributed by atoms with Gasteiger partial charge in [0.15, 0.2) is 12.2 Å². The van der Waals surface area contributed by atoms with Crippen molar-refractivity contribution in [2.24, 2.45) is 11.8 Å². The zero-order valence-electron chi connectivity index (χ0n) is 62.0. The van der Waals surface area contributed by atoms with Crippen LogP contribution in [0.25, 0.3) is 0 Å². The second-order valence-electron chi connectivity index (χ2n) is 28.3. The Morgan fingerprint density at radius 1 is 0.284 bits per heavy atom. The van der Waals surface area contributed by atoms with Crippen LogP contribution in [-0.2, 0) is 65.4 Å². The maximum absolute atomic E-state index is 13.1. The molecule has 3 N–H and O–H groups in total. The molecular weight excluding hydrogens is 1250 g/mol. The number of esters is 4. The van der Waals surface area contributed by atoms with Gasteiger partial charge in [0.1, 0.15) is 19.3 Å². The van der Waals surface area contributed by atoms with Gasteiger partial charge in [0.05, 0.1) is 26.4 Å². The molecule has 2 unspecified atom stereocenters. The molecule has 0 aromatic rings. The third-order valence-electron chi connectivity index (χ3n) is 17.7. The second kappa shape index (κ2) is 67.9. The van der Waals surface area contributed by atoms with Gasteiger partial charge in [0.2, 0.25) is 0 Å². The lowest BCUT2D eigenvalue weighted by Gasteiger charge is -2.21. The van der Waals surface area contributed by atoms with Gasteiger partial charge in [-0.15, -0.1) is 0 Å². The summed E-state index contributed by atoms with van der Waals surface area (Å²) >= 11 is 0. The first kappa shape index (κ1) is 93.1. The van der Waals surface area contributed by atoms with Gasteiger partial charge in [-0.2, -0.15) is 0 Å². The van der Waals surface area contributed by atoms with E-state index in [0.717, 1.165) is 95.8 Å². The number of unbranched alkanes of at least 4 members (excludes halogenated alkanes) is 45. The molecule has 0 bridgehead atoms. The minimum absolute atomic E-state index is 0.104. The summed E-state index contributed by atoms with van der Waals surface area (Å²) in [5, 5.41) is 10.6. The summed E-state index contributed by atoms with van der Waals surface area (Å²) in [4.78, 5) is 72.7. The van der Waals surface area contributed by atoms with Gasteiger partial charge in [-0.3, -0.25) is 37.3 Å². The first-order chi connectivity index (χ1) is 45.9. The van der Waals surface area contributed by atoms with Crippen molar-refractivity contribution in [3.05, 3.63) is 0 Å². The maximum Gasteiger partial charge on any atom is 0.472 e. The fraction of sp³-hybridized carbons (Fsp3) is 0.947. The Morgan fingerprint density at radius 3 is 0.716 bits per heavy atom. The van der Waals surface area contributed by atoms with Crippen LogP contribution in [0.15, 0.2) is 0 Å². The van der Waals surface area contributed by atoms with Gasteiger partial charge < -0.3 is 33.8 Å². The van der Waals surface area contributed by atoms with E-state index in [1.165, 1.54) is 212 Å². The number of rotatable bonds is 75. The normalized spacial score (nSPS) is 14.0. The molecule has 95 heavy (non-hydrogen) atoms. The molecule has 0 amide bonds. The highest BCUT2D eigenvalue weighted by Gasteiger charge is 2.30. The summed E-state index contributed by atoms with van der Waals surface area (Å²) < 4.78 is 68.4. The average Bonchev–Trinajstić information content (AvgIpc) is 1.44. The van der Waals surface area contributed by atoms with Gasteiger partial charge in [-0.1, -0.05) is 343 Å². The van der Waals surface area contributed by atoms with Crippen molar-refractivity contribution in [3.63, 3.8) is 0 Å². The van der Waals surface area contributed by atoms with E-state index in [-0.39, 0.29) is 25.7 Å². The second-order valence-corrected chi connectivity index (χ2v) is 31.3. The molecule has 0 aliphatic rings. The lowest BCUT2D eigenvalue weighted by molar-refractivity contribution is -0.161.